The Bertz CT molecular complexity index is 604. The first-order valence-electron chi connectivity index (χ1n) is 7.54. The molecule has 1 fully saturated rings. The summed E-state index contributed by atoms with van der Waals surface area (Å²) >= 11 is 5.79. The standard InChI is InChI=1S/C16H18ClF3N2O2/c1-21(10-16(18,19)20)14(23)12-3-2-8-22(9-12)15(24)11-4-6-13(17)7-5-11/h4-7,12H,2-3,8-10H2,1H3. The maximum absolute atomic E-state index is 12.5. The third-order valence-corrected chi connectivity index (χ3v) is 4.19. The second-order valence-corrected chi connectivity index (χ2v) is 6.34. The van der Waals surface area contributed by atoms with Crippen LogP contribution in [-0.4, -0.2) is 54.5 Å². The summed E-state index contributed by atoms with van der Waals surface area (Å²) in [7, 11) is 1.13. The van der Waals surface area contributed by atoms with Crippen LogP contribution in [0.1, 0.15) is 23.2 Å². The zero-order valence-corrected chi connectivity index (χ0v) is 13.9. The lowest BCUT2D eigenvalue weighted by Gasteiger charge is -2.34. The minimum atomic E-state index is -4.43. The van der Waals surface area contributed by atoms with E-state index in [1.807, 2.05) is 0 Å². The second-order valence-electron chi connectivity index (χ2n) is 5.91. The average molecular weight is 363 g/mol. The molecule has 0 aromatic heterocycles. The monoisotopic (exact) mass is 362 g/mol. The van der Waals surface area contributed by atoms with Gasteiger partial charge in [0.1, 0.15) is 6.54 Å². The van der Waals surface area contributed by atoms with Gasteiger partial charge < -0.3 is 9.80 Å². The zero-order valence-electron chi connectivity index (χ0n) is 13.1. The molecule has 2 rings (SSSR count). The van der Waals surface area contributed by atoms with Crippen molar-refractivity contribution in [1.82, 2.24) is 9.80 Å². The van der Waals surface area contributed by atoms with Crippen molar-refractivity contribution in [3.8, 4) is 0 Å². The lowest BCUT2D eigenvalue weighted by atomic mass is 9.96. The molecule has 1 aromatic carbocycles. The van der Waals surface area contributed by atoms with Gasteiger partial charge in [0.15, 0.2) is 0 Å². The highest BCUT2D eigenvalue weighted by atomic mass is 35.5. The number of rotatable bonds is 3. The minimum Gasteiger partial charge on any atom is -0.338 e. The quantitative estimate of drug-likeness (QED) is 0.828. The van der Waals surface area contributed by atoms with Gasteiger partial charge in [-0.05, 0) is 37.1 Å². The fraction of sp³-hybridized carbons (Fsp3) is 0.500. The lowest BCUT2D eigenvalue weighted by Crippen LogP contribution is -2.47. The summed E-state index contributed by atoms with van der Waals surface area (Å²) in [6.45, 7) is -0.676. The van der Waals surface area contributed by atoms with Crippen LogP contribution >= 0.6 is 11.6 Å². The van der Waals surface area contributed by atoms with Gasteiger partial charge in [-0.25, -0.2) is 0 Å². The van der Waals surface area contributed by atoms with Crippen LogP contribution in [-0.2, 0) is 4.79 Å². The van der Waals surface area contributed by atoms with Crippen LogP contribution in [0, 0.1) is 5.92 Å². The van der Waals surface area contributed by atoms with Crippen molar-refractivity contribution in [2.24, 2.45) is 5.92 Å². The average Bonchev–Trinajstić information content (AvgIpc) is 2.52. The number of hydrogen-bond acceptors (Lipinski definition) is 2. The van der Waals surface area contributed by atoms with Crippen LogP contribution < -0.4 is 0 Å². The number of nitrogens with zero attached hydrogens (tertiary/aromatic N) is 2. The maximum atomic E-state index is 12.5. The van der Waals surface area contributed by atoms with E-state index in [2.05, 4.69) is 0 Å². The van der Waals surface area contributed by atoms with E-state index < -0.39 is 24.5 Å². The molecule has 0 aliphatic carbocycles. The Hall–Kier alpha value is -1.76. The Morgan fingerprint density at radius 1 is 1.29 bits per heavy atom. The van der Waals surface area contributed by atoms with Crippen LogP contribution in [0.4, 0.5) is 13.2 Å². The molecular formula is C16H18ClF3N2O2. The summed E-state index contributed by atoms with van der Waals surface area (Å²) in [4.78, 5) is 26.8. The van der Waals surface area contributed by atoms with Gasteiger partial charge in [-0.2, -0.15) is 13.2 Å². The fourth-order valence-electron chi connectivity index (χ4n) is 2.80. The number of piperidine rings is 1. The molecule has 0 N–H and O–H groups in total. The minimum absolute atomic E-state index is 0.127. The van der Waals surface area contributed by atoms with Gasteiger partial charge in [0.25, 0.3) is 5.91 Å². The fourth-order valence-corrected chi connectivity index (χ4v) is 2.92. The molecule has 0 saturated carbocycles. The molecule has 1 aliphatic rings. The van der Waals surface area contributed by atoms with Crippen molar-refractivity contribution >= 4 is 23.4 Å². The van der Waals surface area contributed by atoms with Gasteiger partial charge >= 0.3 is 6.18 Å². The Balaban J connectivity index is 2.02. The normalized spacial score (nSPS) is 18.4. The van der Waals surface area contributed by atoms with E-state index in [0.717, 1.165) is 7.05 Å². The molecule has 4 nitrogen and oxygen atoms in total. The van der Waals surface area contributed by atoms with Gasteiger partial charge in [-0.1, -0.05) is 11.6 Å². The summed E-state index contributed by atoms with van der Waals surface area (Å²) in [6.07, 6.45) is -3.38. The maximum Gasteiger partial charge on any atom is 0.406 e. The van der Waals surface area contributed by atoms with Gasteiger partial charge in [0.2, 0.25) is 5.91 Å². The molecule has 24 heavy (non-hydrogen) atoms. The molecule has 8 heteroatoms. The highest BCUT2D eigenvalue weighted by molar-refractivity contribution is 6.30. The first kappa shape index (κ1) is 18.6. The Morgan fingerprint density at radius 3 is 2.50 bits per heavy atom. The Morgan fingerprint density at radius 2 is 1.92 bits per heavy atom. The van der Waals surface area contributed by atoms with Crippen LogP contribution in [0.15, 0.2) is 24.3 Å². The largest absolute Gasteiger partial charge is 0.406 e. The second kappa shape index (κ2) is 7.42. The highest BCUT2D eigenvalue weighted by Crippen LogP contribution is 2.23. The van der Waals surface area contributed by atoms with E-state index in [9.17, 15) is 22.8 Å². The molecule has 1 saturated heterocycles. The van der Waals surface area contributed by atoms with Crippen molar-refractivity contribution < 1.29 is 22.8 Å². The van der Waals surface area contributed by atoms with Crippen LogP contribution in [0.5, 0.6) is 0 Å². The topological polar surface area (TPSA) is 40.6 Å². The van der Waals surface area contributed by atoms with Gasteiger partial charge in [-0.15, -0.1) is 0 Å². The van der Waals surface area contributed by atoms with E-state index in [-0.39, 0.29) is 12.5 Å². The third-order valence-electron chi connectivity index (χ3n) is 3.94. The molecule has 1 aliphatic heterocycles. The predicted molar refractivity (Wildman–Crippen MR) is 83.8 cm³/mol. The summed E-state index contributed by atoms with van der Waals surface area (Å²) in [6, 6.07) is 6.37. The predicted octanol–water partition coefficient (Wildman–Crippen LogP) is 3.21. The summed E-state index contributed by atoms with van der Waals surface area (Å²) in [5, 5.41) is 0.507. The van der Waals surface area contributed by atoms with Crippen molar-refractivity contribution in [2.45, 2.75) is 19.0 Å². The van der Waals surface area contributed by atoms with Gasteiger partial charge in [-0.3, -0.25) is 9.59 Å². The number of halogens is 4. The first-order valence-corrected chi connectivity index (χ1v) is 7.92. The van der Waals surface area contributed by atoms with Crippen LogP contribution in [0.3, 0.4) is 0 Å². The van der Waals surface area contributed by atoms with E-state index in [4.69, 9.17) is 11.6 Å². The van der Waals surface area contributed by atoms with Crippen LogP contribution in [0.25, 0.3) is 0 Å². The van der Waals surface area contributed by atoms with Crippen molar-refractivity contribution in [3.63, 3.8) is 0 Å². The van der Waals surface area contributed by atoms with E-state index in [1.165, 1.54) is 4.90 Å². The van der Waals surface area contributed by atoms with Crippen LogP contribution in [0.2, 0.25) is 5.02 Å². The summed E-state index contributed by atoms with van der Waals surface area (Å²) < 4.78 is 37.3. The van der Waals surface area contributed by atoms with E-state index in [1.54, 1.807) is 24.3 Å². The molecule has 1 heterocycles. The first-order chi connectivity index (χ1) is 11.2. The number of hydrogen-bond donors (Lipinski definition) is 0. The molecule has 1 unspecified atom stereocenters. The number of carbonyl (C=O) groups excluding carboxylic acids is 2. The molecule has 132 valence electrons. The summed E-state index contributed by atoms with van der Waals surface area (Å²) in [5.41, 5.74) is 0.441. The number of carbonyl (C=O) groups is 2. The third kappa shape index (κ3) is 4.87. The number of likely N-dealkylation sites (tertiary alicyclic amines) is 1. The van der Waals surface area contributed by atoms with Gasteiger partial charge in [0, 0.05) is 30.7 Å². The lowest BCUT2D eigenvalue weighted by molar-refractivity contribution is -0.161. The van der Waals surface area contributed by atoms with Crippen molar-refractivity contribution in [2.75, 3.05) is 26.7 Å². The van der Waals surface area contributed by atoms with Crippen molar-refractivity contribution in [1.29, 1.82) is 0 Å². The molecule has 1 atom stereocenters. The molecule has 0 radical (unpaired) electrons. The SMILES string of the molecule is CN(CC(F)(F)F)C(=O)C1CCCN(C(=O)c2ccc(Cl)cc2)C1. The van der Waals surface area contributed by atoms with Gasteiger partial charge in [0.05, 0.1) is 5.92 Å². The number of alkyl halides is 3. The van der Waals surface area contributed by atoms with E-state index >= 15 is 0 Å². The molecule has 2 amide bonds. The molecular weight excluding hydrogens is 345 g/mol. The molecule has 0 spiro atoms. The van der Waals surface area contributed by atoms with E-state index in [0.29, 0.717) is 34.9 Å². The highest BCUT2D eigenvalue weighted by Gasteiger charge is 2.35. The molecule has 0 bridgehead atoms. The smallest absolute Gasteiger partial charge is 0.338 e. The van der Waals surface area contributed by atoms with Crippen molar-refractivity contribution in [3.05, 3.63) is 34.9 Å². The summed E-state index contributed by atoms with van der Waals surface area (Å²) in [5.74, 6) is -1.44. The number of amides is 2. The Kier molecular flexibility index (Phi) is 5.74. The zero-order chi connectivity index (χ0) is 17.9. The Labute approximate surface area is 143 Å². The number of benzene rings is 1. The molecule has 1 aromatic rings.